The molecule has 0 N–H and O–H groups in total. The summed E-state index contributed by atoms with van der Waals surface area (Å²) in [5.41, 5.74) is 0. The molecule has 1 atom stereocenters. The zero-order chi connectivity index (χ0) is 14.0. The maximum Gasteiger partial charge on any atom is 0.252 e. The molecular formula is C13H14N2O3S2. The Morgan fingerprint density at radius 3 is 2.95 bits per heavy atom. The molecule has 106 valence electrons. The predicted molar refractivity (Wildman–Crippen MR) is 76.3 cm³/mol. The van der Waals surface area contributed by atoms with E-state index in [1.807, 2.05) is 6.07 Å². The maximum atomic E-state index is 12.4. The van der Waals surface area contributed by atoms with Gasteiger partial charge in [-0.25, -0.2) is 8.42 Å². The van der Waals surface area contributed by atoms with Crippen LogP contribution in [0.4, 0.5) is 0 Å². The molecule has 0 radical (unpaired) electrons. The second-order valence-electron chi connectivity index (χ2n) is 4.51. The van der Waals surface area contributed by atoms with Gasteiger partial charge in [-0.3, -0.25) is 4.98 Å². The summed E-state index contributed by atoms with van der Waals surface area (Å²) >= 11 is 1.24. The molecule has 0 aliphatic carbocycles. The van der Waals surface area contributed by atoms with Crippen LogP contribution in [0.25, 0.3) is 0 Å². The van der Waals surface area contributed by atoms with E-state index in [-0.39, 0.29) is 6.10 Å². The van der Waals surface area contributed by atoms with E-state index in [4.69, 9.17) is 4.74 Å². The molecule has 3 rings (SSSR count). The average Bonchev–Trinajstić information content (AvgIpc) is 3.11. The molecule has 0 aromatic carbocycles. The number of thiophene rings is 1. The standard InChI is InChI=1S/C13H14N2O3S2/c16-20(17,13-4-2-8-19-13)15-7-5-12(10-15)18-11-3-1-6-14-9-11/h1-4,6,8-9,12H,5,7,10H2. The van der Waals surface area contributed by atoms with Gasteiger partial charge >= 0.3 is 0 Å². The number of nitrogens with zero attached hydrogens (tertiary/aromatic N) is 2. The molecule has 7 heteroatoms. The van der Waals surface area contributed by atoms with E-state index in [9.17, 15) is 8.42 Å². The minimum absolute atomic E-state index is 0.117. The summed E-state index contributed by atoms with van der Waals surface area (Å²) in [6.45, 7) is 0.875. The summed E-state index contributed by atoms with van der Waals surface area (Å²) in [5.74, 6) is 0.674. The van der Waals surface area contributed by atoms with Crippen molar-refractivity contribution in [2.45, 2.75) is 16.7 Å². The van der Waals surface area contributed by atoms with Gasteiger partial charge in [-0.1, -0.05) is 6.07 Å². The molecule has 2 aromatic rings. The van der Waals surface area contributed by atoms with Crippen LogP contribution >= 0.6 is 11.3 Å². The van der Waals surface area contributed by atoms with Crippen LogP contribution in [-0.2, 0) is 10.0 Å². The van der Waals surface area contributed by atoms with E-state index in [1.165, 1.54) is 15.6 Å². The molecule has 0 bridgehead atoms. The summed E-state index contributed by atoms with van der Waals surface area (Å²) in [7, 11) is -3.36. The first-order valence-corrected chi connectivity index (χ1v) is 8.58. The van der Waals surface area contributed by atoms with Crippen molar-refractivity contribution in [1.29, 1.82) is 0 Å². The first-order chi connectivity index (χ1) is 9.66. The van der Waals surface area contributed by atoms with Crippen molar-refractivity contribution in [3.05, 3.63) is 42.0 Å². The fourth-order valence-electron chi connectivity index (χ4n) is 2.16. The van der Waals surface area contributed by atoms with Crippen LogP contribution in [0.2, 0.25) is 0 Å². The Bertz CT molecular complexity index is 656. The van der Waals surface area contributed by atoms with Crippen LogP contribution in [0.3, 0.4) is 0 Å². The van der Waals surface area contributed by atoms with E-state index in [0.717, 1.165) is 0 Å². The lowest BCUT2D eigenvalue weighted by Gasteiger charge is -2.16. The third-order valence-electron chi connectivity index (χ3n) is 3.13. The Balaban J connectivity index is 1.68. The van der Waals surface area contributed by atoms with Crippen molar-refractivity contribution >= 4 is 21.4 Å². The summed E-state index contributed by atoms with van der Waals surface area (Å²) in [4.78, 5) is 3.98. The minimum atomic E-state index is -3.36. The van der Waals surface area contributed by atoms with Gasteiger partial charge in [0, 0.05) is 12.7 Å². The van der Waals surface area contributed by atoms with Crippen LogP contribution in [0.5, 0.6) is 5.75 Å². The molecule has 1 unspecified atom stereocenters. The summed E-state index contributed by atoms with van der Waals surface area (Å²) in [5, 5.41) is 1.77. The molecule has 3 heterocycles. The minimum Gasteiger partial charge on any atom is -0.487 e. The lowest BCUT2D eigenvalue weighted by atomic mass is 10.3. The summed E-state index contributed by atoms with van der Waals surface area (Å²) in [6, 6.07) is 7.00. The molecule has 1 aliphatic heterocycles. The van der Waals surface area contributed by atoms with Crippen LogP contribution in [0, 0.1) is 0 Å². The van der Waals surface area contributed by atoms with Gasteiger partial charge in [-0.05, 0) is 30.0 Å². The Kier molecular flexibility index (Phi) is 3.73. The van der Waals surface area contributed by atoms with Gasteiger partial charge in [0.05, 0.1) is 12.7 Å². The first kappa shape index (κ1) is 13.5. The second kappa shape index (κ2) is 5.51. The van der Waals surface area contributed by atoms with Gasteiger partial charge in [-0.15, -0.1) is 11.3 Å². The molecule has 2 aromatic heterocycles. The summed E-state index contributed by atoms with van der Waals surface area (Å²) in [6.07, 6.45) is 3.89. The van der Waals surface area contributed by atoms with Crippen molar-refractivity contribution in [2.24, 2.45) is 0 Å². The fourth-order valence-corrected chi connectivity index (χ4v) is 4.79. The van der Waals surface area contributed by atoms with Gasteiger partial charge in [0.15, 0.2) is 0 Å². The third-order valence-corrected chi connectivity index (χ3v) is 6.37. The lowest BCUT2D eigenvalue weighted by molar-refractivity contribution is 0.215. The topological polar surface area (TPSA) is 59.5 Å². The summed E-state index contributed by atoms with van der Waals surface area (Å²) < 4.78 is 32.4. The maximum absolute atomic E-state index is 12.4. The number of rotatable bonds is 4. The number of sulfonamides is 1. The predicted octanol–water partition coefficient (Wildman–Crippen LogP) is 1.99. The normalized spacial score (nSPS) is 20.1. The smallest absolute Gasteiger partial charge is 0.252 e. The molecule has 5 nitrogen and oxygen atoms in total. The van der Waals surface area contributed by atoms with Crippen molar-refractivity contribution in [2.75, 3.05) is 13.1 Å². The van der Waals surface area contributed by atoms with E-state index < -0.39 is 10.0 Å². The highest BCUT2D eigenvalue weighted by Gasteiger charge is 2.34. The SMILES string of the molecule is O=S(=O)(c1cccs1)N1CCC(Oc2cccnc2)C1. The van der Waals surface area contributed by atoms with Gasteiger partial charge < -0.3 is 4.74 Å². The Morgan fingerprint density at radius 1 is 1.35 bits per heavy atom. The van der Waals surface area contributed by atoms with Gasteiger partial charge in [-0.2, -0.15) is 4.31 Å². The van der Waals surface area contributed by atoms with E-state index >= 15 is 0 Å². The molecule has 20 heavy (non-hydrogen) atoms. The van der Waals surface area contributed by atoms with Crippen molar-refractivity contribution in [3.63, 3.8) is 0 Å². The molecule has 0 amide bonds. The molecule has 1 aliphatic rings. The van der Waals surface area contributed by atoms with Crippen molar-refractivity contribution in [3.8, 4) is 5.75 Å². The van der Waals surface area contributed by atoms with Crippen LogP contribution in [0.1, 0.15) is 6.42 Å². The monoisotopic (exact) mass is 310 g/mol. The Morgan fingerprint density at radius 2 is 2.25 bits per heavy atom. The van der Waals surface area contributed by atoms with Crippen molar-refractivity contribution < 1.29 is 13.2 Å². The highest BCUT2D eigenvalue weighted by atomic mass is 32.2. The molecule has 0 saturated carbocycles. The van der Waals surface area contributed by atoms with E-state index in [0.29, 0.717) is 29.5 Å². The molecule has 0 spiro atoms. The molecular weight excluding hydrogens is 296 g/mol. The Labute approximate surface area is 121 Å². The molecule has 1 fully saturated rings. The average molecular weight is 310 g/mol. The van der Waals surface area contributed by atoms with Crippen molar-refractivity contribution in [1.82, 2.24) is 9.29 Å². The van der Waals surface area contributed by atoms with Crippen LogP contribution in [-0.4, -0.2) is 36.9 Å². The van der Waals surface area contributed by atoms with Crippen LogP contribution in [0.15, 0.2) is 46.2 Å². The largest absolute Gasteiger partial charge is 0.487 e. The number of aromatic nitrogens is 1. The van der Waals surface area contributed by atoms with Gasteiger partial charge in [0.25, 0.3) is 10.0 Å². The van der Waals surface area contributed by atoms with Gasteiger partial charge in [0.1, 0.15) is 16.1 Å². The second-order valence-corrected chi connectivity index (χ2v) is 7.62. The number of hydrogen-bond acceptors (Lipinski definition) is 5. The van der Waals surface area contributed by atoms with Crippen LogP contribution < -0.4 is 4.74 Å². The van der Waals surface area contributed by atoms with E-state index in [2.05, 4.69) is 4.98 Å². The van der Waals surface area contributed by atoms with Gasteiger partial charge in [0.2, 0.25) is 0 Å². The Hall–Kier alpha value is -1.44. The highest BCUT2D eigenvalue weighted by molar-refractivity contribution is 7.91. The highest BCUT2D eigenvalue weighted by Crippen LogP contribution is 2.26. The first-order valence-electron chi connectivity index (χ1n) is 6.26. The quantitative estimate of drug-likeness (QED) is 0.866. The number of hydrogen-bond donors (Lipinski definition) is 0. The number of ether oxygens (including phenoxy) is 1. The molecule has 1 saturated heterocycles. The lowest BCUT2D eigenvalue weighted by Crippen LogP contribution is -2.30. The van der Waals surface area contributed by atoms with E-state index in [1.54, 1.807) is 36.0 Å². The third kappa shape index (κ3) is 2.70. The number of pyridine rings is 1. The fraction of sp³-hybridized carbons (Fsp3) is 0.308. The zero-order valence-corrected chi connectivity index (χ0v) is 12.3. The zero-order valence-electron chi connectivity index (χ0n) is 10.7.